The molecule has 2 aromatic rings. The highest BCUT2D eigenvalue weighted by molar-refractivity contribution is 5.75. The summed E-state index contributed by atoms with van der Waals surface area (Å²) >= 11 is 0. The van der Waals surface area contributed by atoms with E-state index in [1.165, 1.54) is 44.9 Å². The zero-order valence-electron chi connectivity index (χ0n) is 15.8. The van der Waals surface area contributed by atoms with Crippen LogP contribution in [0.1, 0.15) is 75.5 Å². The number of H-pyrrole nitrogens is 1. The summed E-state index contributed by atoms with van der Waals surface area (Å²) < 4.78 is 0. The molecule has 0 atom stereocenters. The van der Waals surface area contributed by atoms with E-state index in [2.05, 4.69) is 20.7 Å². The van der Waals surface area contributed by atoms with Crippen LogP contribution in [-0.4, -0.2) is 21.3 Å². The summed E-state index contributed by atoms with van der Waals surface area (Å²) in [5, 5.41) is 13.5. The van der Waals surface area contributed by atoms with Gasteiger partial charge in [-0.05, 0) is 24.8 Å². The quantitative estimate of drug-likeness (QED) is 0.487. The van der Waals surface area contributed by atoms with Gasteiger partial charge in [-0.2, -0.15) is 0 Å². The first-order valence-electron chi connectivity index (χ1n) is 10.0. The molecule has 2 rings (SSSR count). The Labute approximate surface area is 157 Å². The maximum Gasteiger partial charge on any atom is 0.220 e. The van der Waals surface area contributed by atoms with Gasteiger partial charge in [-0.3, -0.25) is 9.89 Å². The van der Waals surface area contributed by atoms with Gasteiger partial charge in [0, 0.05) is 19.2 Å². The number of rotatable bonds is 14. The van der Waals surface area contributed by atoms with Crippen LogP contribution in [0.2, 0.25) is 0 Å². The number of hydrogen-bond acceptors (Lipinski definition) is 3. The zero-order chi connectivity index (χ0) is 18.3. The largest absolute Gasteiger partial charge is 0.352 e. The lowest BCUT2D eigenvalue weighted by atomic mass is 10.1. The van der Waals surface area contributed by atoms with Crippen LogP contribution in [0.4, 0.5) is 0 Å². The fraction of sp³-hybridized carbons (Fsp3) is 0.571. The molecule has 0 unspecified atom stereocenters. The first-order valence-corrected chi connectivity index (χ1v) is 10.0. The molecule has 1 aromatic heterocycles. The predicted molar refractivity (Wildman–Crippen MR) is 105 cm³/mol. The van der Waals surface area contributed by atoms with E-state index in [0.717, 1.165) is 30.5 Å². The van der Waals surface area contributed by atoms with Crippen LogP contribution in [0, 0.1) is 0 Å². The molecule has 1 amide bonds. The highest BCUT2D eigenvalue weighted by Crippen LogP contribution is 2.11. The lowest BCUT2D eigenvalue weighted by Gasteiger charge is -2.05. The van der Waals surface area contributed by atoms with E-state index in [0.29, 0.717) is 13.0 Å². The van der Waals surface area contributed by atoms with Gasteiger partial charge in [-0.25, -0.2) is 0 Å². The number of carbonyl (C=O) groups is 1. The molecule has 5 heteroatoms. The van der Waals surface area contributed by atoms with Crippen LogP contribution >= 0.6 is 0 Å². The van der Waals surface area contributed by atoms with Crippen molar-refractivity contribution in [1.29, 1.82) is 0 Å². The van der Waals surface area contributed by atoms with Crippen molar-refractivity contribution in [3.8, 4) is 0 Å². The van der Waals surface area contributed by atoms with Crippen LogP contribution in [0.3, 0.4) is 0 Å². The topological polar surface area (TPSA) is 70.7 Å². The summed E-state index contributed by atoms with van der Waals surface area (Å²) in [7, 11) is 0. The maximum absolute atomic E-state index is 11.8. The molecule has 0 aliphatic carbocycles. The third-order valence-electron chi connectivity index (χ3n) is 4.64. The van der Waals surface area contributed by atoms with Crippen LogP contribution in [0.5, 0.6) is 0 Å². The zero-order valence-corrected chi connectivity index (χ0v) is 15.8. The number of unbranched alkanes of at least 4 members (excludes halogenated alkanes) is 8. The normalized spacial score (nSPS) is 10.8. The van der Waals surface area contributed by atoms with Crippen LogP contribution < -0.4 is 5.32 Å². The Morgan fingerprint density at radius 1 is 0.885 bits per heavy atom. The summed E-state index contributed by atoms with van der Waals surface area (Å²) in [5.41, 5.74) is 2.22. The molecule has 2 N–H and O–H groups in total. The molecule has 0 saturated carbocycles. The molecular formula is C21H32N4O. The lowest BCUT2D eigenvalue weighted by molar-refractivity contribution is -0.121. The third-order valence-corrected chi connectivity index (χ3v) is 4.64. The highest BCUT2D eigenvalue weighted by atomic mass is 16.1. The van der Waals surface area contributed by atoms with Crippen molar-refractivity contribution in [1.82, 2.24) is 20.7 Å². The summed E-state index contributed by atoms with van der Waals surface area (Å²) in [6, 6.07) is 10.1. The molecular weight excluding hydrogens is 324 g/mol. The van der Waals surface area contributed by atoms with E-state index in [-0.39, 0.29) is 5.91 Å². The summed E-state index contributed by atoms with van der Waals surface area (Å²) in [5.74, 6) is 0.168. The average Bonchev–Trinajstić information content (AvgIpc) is 3.19. The molecule has 5 nitrogen and oxygen atoms in total. The van der Waals surface area contributed by atoms with E-state index in [1.54, 1.807) is 0 Å². The van der Waals surface area contributed by atoms with Crippen molar-refractivity contribution in [2.24, 2.45) is 0 Å². The van der Waals surface area contributed by atoms with Gasteiger partial charge in [0.05, 0.1) is 5.69 Å². The summed E-state index contributed by atoms with van der Waals surface area (Å²) in [6.07, 6.45) is 14.6. The number of nitrogens with zero attached hydrogens (tertiary/aromatic N) is 2. The molecule has 0 spiro atoms. The molecule has 1 heterocycles. The van der Waals surface area contributed by atoms with Gasteiger partial charge >= 0.3 is 0 Å². The lowest BCUT2D eigenvalue weighted by Crippen LogP contribution is -2.22. The van der Waals surface area contributed by atoms with E-state index >= 15 is 0 Å². The summed E-state index contributed by atoms with van der Waals surface area (Å²) in [6.45, 7) is 0.635. The molecule has 0 saturated heterocycles. The number of nitrogens with one attached hydrogen (secondary N) is 2. The Bertz CT molecular complexity index is 583. The monoisotopic (exact) mass is 356 g/mol. The Balaban J connectivity index is 1.33. The molecule has 0 bridgehead atoms. The molecule has 1 aromatic carbocycles. The van der Waals surface area contributed by atoms with Gasteiger partial charge < -0.3 is 5.32 Å². The van der Waals surface area contributed by atoms with Crippen molar-refractivity contribution >= 4 is 5.91 Å². The second-order valence-electron chi connectivity index (χ2n) is 6.91. The van der Waals surface area contributed by atoms with E-state index < -0.39 is 0 Å². The number of amides is 1. The smallest absolute Gasteiger partial charge is 0.220 e. The molecule has 0 aliphatic rings. The Kier molecular flexibility index (Phi) is 10.1. The molecule has 0 aliphatic heterocycles. The highest BCUT2D eigenvalue weighted by Gasteiger charge is 2.01. The maximum atomic E-state index is 11.8. The molecule has 142 valence electrons. The van der Waals surface area contributed by atoms with Crippen molar-refractivity contribution < 1.29 is 4.79 Å². The van der Waals surface area contributed by atoms with E-state index in [9.17, 15) is 4.79 Å². The van der Waals surface area contributed by atoms with Crippen molar-refractivity contribution in [2.75, 3.05) is 0 Å². The van der Waals surface area contributed by atoms with E-state index in [1.807, 2.05) is 36.5 Å². The van der Waals surface area contributed by atoms with Gasteiger partial charge in [-0.1, -0.05) is 80.5 Å². The van der Waals surface area contributed by atoms with Crippen LogP contribution in [0.25, 0.3) is 0 Å². The second kappa shape index (κ2) is 13.1. The first kappa shape index (κ1) is 20.1. The molecule has 0 fully saturated rings. The number of hydrogen-bond donors (Lipinski definition) is 2. The van der Waals surface area contributed by atoms with Gasteiger partial charge in [0.2, 0.25) is 5.91 Å². The minimum absolute atomic E-state index is 0.168. The predicted octanol–water partition coefficient (Wildman–Crippen LogP) is 4.56. The SMILES string of the molecule is O=C(CCCCCCCCCCCc1c[nH]nn1)NCc1ccccc1. The average molecular weight is 357 g/mol. The number of benzene rings is 1. The van der Waals surface area contributed by atoms with Crippen LogP contribution in [-0.2, 0) is 17.8 Å². The number of carbonyl (C=O) groups excluding carboxylic acids is 1. The Morgan fingerprint density at radius 2 is 1.54 bits per heavy atom. The Morgan fingerprint density at radius 3 is 2.19 bits per heavy atom. The van der Waals surface area contributed by atoms with Crippen molar-refractivity contribution in [2.45, 2.75) is 77.2 Å². The number of aromatic nitrogens is 3. The molecule has 26 heavy (non-hydrogen) atoms. The number of aryl methyl sites for hydroxylation is 1. The minimum atomic E-state index is 0.168. The van der Waals surface area contributed by atoms with Gasteiger partial charge in [-0.15, -0.1) is 5.10 Å². The van der Waals surface area contributed by atoms with E-state index in [4.69, 9.17) is 0 Å². The number of aromatic amines is 1. The fourth-order valence-corrected chi connectivity index (χ4v) is 3.06. The van der Waals surface area contributed by atoms with Gasteiger partial charge in [0.15, 0.2) is 0 Å². The molecule has 0 radical (unpaired) electrons. The first-order chi connectivity index (χ1) is 12.8. The van der Waals surface area contributed by atoms with Gasteiger partial charge in [0.1, 0.15) is 0 Å². The third kappa shape index (κ3) is 9.35. The van der Waals surface area contributed by atoms with Crippen molar-refractivity contribution in [3.05, 3.63) is 47.8 Å². The minimum Gasteiger partial charge on any atom is -0.352 e. The van der Waals surface area contributed by atoms with Crippen LogP contribution in [0.15, 0.2) is 36.5 Å². The Hall–Kier alpha value is -2.17. The standard InChI is InChI=1S/C21H32N4O/c26-21(22-17-19-13-9-8-10-14-19)16-12-7-5-3-1-2-4-6-11-15-20-18-23-25-24-20/h8-10,13-14,18H,1-7,11-12,15-17H2,(H,22,26)(H,23,24,25). The van der Waals surface area contributed by atoms with Crippen molar-refractivity contribution in [3.63, 3.8) is 0 Å². The summed E-state index contributed by atoms with van der Waals surface area (Å²) in [4.78, 5) is 11.8. The fourth-order valence-electron chi connectivity index (χ4n) is 3.06. The second-order valence-corrected chi connectivity index (χ2v) is 6.91. The van der Waals surface area contributed by atoms with Gasteiger partial charge in [0.25, 0.3) is 0 Å².